The number of carbonyl (C=O) groups is 2. The Hall–Kier alpha value is -2.83. The molecule has 1 aromatic carbocycles. The number of aryl methyl sites for hydroxylation is 2. The number of hydrogen-bond donors (Lipinski definition) is 1. The van der Waals surface area contributed by atoms with Crippen LogP contribution in [0, 0.1) is 13.8 Å². The monoisotopic (exact) mass is 318 g/mol. The SMILES string of the molecule is CNC(=O)COC(=O)c1cccc(OCc2c(C)noc2C)c1. The van der Waals surface area contributed by atoms with Crippen LogP contribution in [-0.2, 0) is 16.1 Å². The fourth-order valence-electron chi connectivity index (χ4n) is 1.86. The number of nitrogens with one attached hydrogen (secondary N) is 1. The van der Waals surface area contributed by atoms with E-state index in [1.54, 1.807) is 24.3 Å². The van der Waals surface area contributed by atoms with Crippen molar-refractivity contribution in [1.29, 1.82) is 0 Å². The van der Waals surface area contributed by atoms with Gasteiger partial charge in [0, 0.05) is 7.05 Å². The highest BCUT2D eigenvalue weighted by atomic mass is 16.5. The zero-order valence-electron chi connectivity index (χ0n) is 13.2. The average molecular weight is 318 g/mol. The summed E-state index contributed by atoms with van der Waals surface area (Å²) in [6.45, 7) is 3.62. The van der Waals surface area contributed by atoms with Gasteiger partial charge in [-0.1, -0.05) is 11.2 Å². The Balaban J connectivity index is 1.99. The van der Waals surface area contributed by atoms with Crippen molar-refractivity contribution in [3.8, 4) is 5.75 Å². The zero-order valence-corrected chi connectivity index (χ0v) is 13.2. The minimum Gasteiger partial charge on any atom is -0.489 e. The first-order valence-corrected chi connectivity index (χ1v) is 7.03. The first-order valence-electron chi connectivity index (χ1n) is 7.03. The van der Waals surface area contributed by atoms with E-state index in [2.05, 4.69) is 10.5 Å². The molecule has 0 bridgehead atoms. The van der Waals surface area contributed by atoms with Gasteiger partial charge in [-0.05, 0) is 32.0 Å². The van der Waals surface area contributed by atoms with Gasteiger partial charge in [-0.2, -0.15) is 0 Å². The summed E-state index contributed by atoms with van der Waals surface area (Å²) in [7, 11) is 1.47. The van der Waals surface area contributed by atoms with Crippen molar-refractivity contribution < 1.29 is 23.6 Å². The Morgan fingerprint density at radius 1 is 1.30 bits per heavy atom. The van der Waals surface area contributed by atoms with Crippen LogP contribution < -0.4 is 10.1 Å². The van der Waals surface area contributed by atoms with Gasteiger partial charge in [0.25, 0.3) is 5.91 Å². The number of nitrogens with zero attached hydrogens (tertiary/aromatic N) is 1. The van der Waals surface area contributed by atoms with E-state index in [9.17, 15) is 9.59 Å². The smallest absolute Gasteiger partial charge is 0.338 e. The summed E-state index contributed by atoms with van der Waals surface area (Å²) in [6.07, 6.45) is 0. The van der Waals surface area contributed by atoms with Crippen molar-refractivity contribution in [1.82, 2.24) is 10.5 Å². The van der Waals surface area contributed by atoms with Crippen LogP contribution in [-0.4, -0.2) is 30.7 Å². The Morgan fingerprint density at radius 3 is 2.74 bits per heavy atom. The van der Waals surface area contributed by atoms with Crippen LogP contribution in [0.25, 0.3) is 0 Å². The van der Waals surface area contributed by atoms with Crippen molar-refractivity contribution in [2.75, 3.05) is 13.7 Å². The van der Waals surface area contributed by atoms with Gasteiger partial charge in [0.05, 0.1) is 16.8 Å². The zero-order chi connectivity index (χ0) is 16.8. The molecule has 0 spiro atoms. The number of benzene rings is 1. The summed E-state index contributed by atoms with van der Waals surface area (Å²) in [5.74, 6) is 0.253. The number of aromatic nitrogens is 1. The van der Waals surface area contributed by atoms with Gasteiger partial charge >= 0.3 is 5.97 Å². The molecule has 0 aliphatic carbocycles. The van der Waals surface area contributed by atoms with Crippen LogP contribution in [0.3, 0.4) is 0 Å². The average Bonchev–Trinajstić information content (AvgIpc) is 2.89. The second-order valence-corrected chi connectivity index (χ2v) is 4.87. The molecule has 7 heteroatoms. The van der Waals surface area contributed by atoms with Crippen molar-refractivity contribution in [2.24, 2.45) is 0 Å². The van der Waals surface area contributed by atoms with Gasteiger partial charge in [0.15, 0.2) is 6.61 Å². The molecule has 0 aliphatic heterocycles. The first-order chi connectivity index (χ1) is 11.0. The van der Waals surface area contributed by atoms with Crippen LogP contribution in [0.1, 0.15) is 27.4 Å². The predicted molar refractivity (Wildman–Crippen MR) is 81.1 cm³/mol. The van der Waals surface area contributed by atoms with Crippen LogP contribution in [0.5, 0.6) is 5.75 Å². The summed E-state index contributed by atoms with van der Waals surface area (Å²) in [6, 6.07) is 6.56. The molecule has 122 valence electrons. The molecule has 1 N–H and O–H groups in total. The van der Waals surface area contributed by atoms with Crippen LogP contribution >= 0.6 is 0 Å². The second-order valence-electron chi connectivity index (χ2n) is 4.87. The Bertz CT molecular complexity index is 689. The van der Waals surface area contributed by atoms with E-state index in [0.29, 0.717) is 17.1 Å². The summed E-state index contributed by atoms with van der Waals surface area (Å²) in [4.78, 5) is 23.0. The number of esters is 1. The number of amides is 1. The molecule has 0 unspecified atom stereocenters. The highest BCUT2D eigenvalue weighted by Crippen LogP contribution is 2.18. The maximum Gasteiger partial charge on any atom is 0.338 e. The molecular formula is C16H18N2O5. The molecular weight excluding hydrogens is 300 g/mol. The van der Waals surface area contributed by atoms with E-state index >= 15 is 0 Å². The fourth-order valence-corrected chi connectivity index (χ4v) is 1.86. The first kappa shape index (κ1) is 16.5. The molecule has 0 saturated heterocycles. The van der Waals surface area contributed by atoms with E-state index in [0.717, 1.165) is 11.3 Å². The van der Waals surface area contributed by atoms with Gasteiger partial charge in [0.2, 0.25) is 0 Å². The van der Waals surface area contributed by atoms with E-state index in [1.807, 2.05) is 13.8 Å². The van der Waals surface area contributed by atoms with E-state index < -0.39 is 5.97 Å². The minimum atomic E-state index is -0.587. The predicted octanol–water partition coefficient (Wildman–Crippen LogP) is 1.77. The van der Waals surface area contributed by atoms with Gasteiger partial charge in [-0.15, -0.1) is 0 Å². The highest BCUT2D eigenvalue weighted by Gasteiger charge is 2.12. The molecule has 0 aliphatic rings. The molecule has 1 amide bonds. The molecule has 0 atom stereocenters. The van der Waals surface area contributed by atoms with Crippen molar-refractivity contribution >= 4 is 11.9 Å². The molecule has 0 fully saturated rings. The second kappa shape index (κ2) is 7.44. The van der Waals surface area contributed by atoms with Gasteiger partial charge in [-0.3, -0.25) is 4.79 Å². The maximum atomic E-state index is 11.9. The quantitative estimate of drug-likeness (QED) is 0.816. The van der Waals surface area contributed by atoms with Crippen molar-refractivity contribution in [3.05, 3.63) is 46.8 Å². The Kier molecular flexibility index (Phi) is 5.35. The third-order valence-electron chi connectivity index (χ3n) is 3.25. The highest BCUT2D eigenvalue weighted by molar-refractivity contribution is 5.91. The number of ether oxygens (including phenoxy) is 2. The van der Waals surface area contributed by atoms with Gasteiger partial charge in [0.1, 0.15) is 18.1 Å². The van der Waals surface area contributed by atoms with Crippen LogP contribution in [0.4, 0.5) is 0 Å². The minimum absolute atomic E-state index is 0.290. The number of carbonyl (C=O) groups excluding carboxylic acids is 2. The number of likely N-dealkylation sites (N-methyl/N-ethyl adjacent to an activating group) is 1. The summed E-state index contributed by atoms with van der Waals surface area (Å²) < 4.78 is 15.6. The number of hydrogen-bond acceptors (Lipinski definition) is 6. The molecule has 0 saturated carbocycles. The topological polar surface area (TPSA) is 90.7 Å². The Labute approximate surface area is 133 Å². The third-order valence-corrected chi connectivity index (χ3v) is 3.25. The lowest BCUT2D eigenvalue weighted by Gasteiger charge is -2.08. The molecule has 2 rings (SSSR count). The molecule has 23 heavy (non-hydrogen) atoms. The van der Waals surface area contributed by atoms with Crippen molar-refractivity contribution in [2.45, 2.75) is 20.5 Å². The van der Waals surface area contributed by atoms with E-state index in [-0.39, 0.29) is 19.1 Å². The van der Waals surface area contributed by atoms with E-state index in [1.165, 1.54) is 7.05 Å². The molecule has 2 aromatic rings. The van der Waals surface area contributed by atoms with Crippen LogP contribution in [0.2, 0.25) is 0 Å². The fraction of sp³-hybridized carbons (Fsp3) is 0.312. The summed E-state index contributed by atoms with van der Waals surface area (Å²) >= 11 is 0. The van der Waals surface area contributed by atoms with Crippen LogP contribution in [0.15, 0.2) is 28.8 Å². The van der Waals surface area contributed by atoms with Gasteiger partial charge < -0.3 is 19.3 Å². The standard InChI is InChI=1S/C16H18N2O5/c1-10-14(11(2)23-18-10)8-21-13-6-4-5-12(7-13)16(20)22-9-15(19)17-3/h4-7H,8-9H2,1-3H3,(H,17,19). The molecule has 1 heterocycles. The molecule has 1 aromatic heterocycles. The molecule has 0 radical (unpaired) electrons. The third kappa shape index (κ3) is 4.32. The van der Waals surface area contributed by atoms with Gasteiger partial charge in [-0.25, -0.2) is 4.79 Å². The number of rotatable bonds is 6. The lowest BCUT2D eigenvalue weighted by atomic mass is 10.2. The lowest BCUT2D eigenvalue weighted by molar-refractivity contribution is -0.123. The largest absolute Gasteiger partial charge is 0.489 e. The summed E-state index contributed by atoms with van der Waals surface area (Å²) in [5.41, 5.74) is 1.95. The normalized spacial score (nSPS) is 10.2. The maximum absolute atomic E-state index is 11.9. The summed E-state index contributed by atoms with van der Waals surface area (Å²) in [5, 5.41) is 6.23. The molecule has 7 nitrogen and oxygen atoms in total. The Morgan fingerprint density at radius 2 is 2.09 bits per heavy atom. The lowest BCUT2D eigenvalue weighted by Crippen LogP contribution is -2.25. The van der Waals surface area contributed by atoms with Crippen molar-refractivity contribution in [3.63, 3.8) is 0 Å². The van der Waals surface area contributed by atoms with E-state index in [4.69, 9.17) is 14.0 Å².